The molecule has 0 spiro atoms. The van der Waals surface area contributed by atoms with Crippen molar-refractivity contribution >= 4 is 0 Å². The molecule has 1 nitrogen and oxygen atoms in total. The van der Waals surface area contributed by atoms with Gasteiger partial charge in [-0.1, -0.05) is 24.3 Å². The monoisotopic (exact) mass is 173 g/mol. The van der Waals surface area contributed by atoms with Crippen molar-refractivity contribution in [3.05, 3.63) is 35.4 Å². The van der Waals surface area contributed by atoms with E-state index in [0.29, 0.717) is 12.0 Å². The topological polar surface area (TPSA) is 26.0 Å². The lowest BCUT2D eigenvalue weighted by Gasteiger charge is -2.62. The second-order valence-corrected chi connectivity index (χ2v) is 4.66. The van der Waals surface area contributed by atoms with Gasteiger partial charge in [-0.25, -0.2) is 0 Å². The van der Waals surface area contributed by atoms with E-state index in [-0.39, 0.29) is 0 Å². The molecule has 1 aromatic carbocycles. The van der Waals surface area contributed by atoms with E-state index in [1.54, 1.807) is 0 Å². The summed E-state index contributed by atoms with van der Waals surface area (Å²) in [5, 5.41) is 0. The molecule has 0 saturated heterocycles. The molecule has 2 N–H and O–H groups in total. The first-order valence-corrected chi connectivity index (χ1v) is 5.12. The van der Waals surface area contributed by atoms with E-state index >= 15 is 0 Å². The van der Waals surface area contributed by atoms with Gasteiger partial charge in [0, 0.05) is 6.54 Å². The Morgan fingerprint density at radius 1 is 1.31 bits per heavy atom. The van der Waals surface area contributed by atoms with Crippen LogP contribution in [0.4, 0.5) is 0 Å². The maximum Gasteiger partial charge on any atom is 0.0178 e. The first-order chi connectivity index (χ1) is 6.32. The van der Waals surface area contributed by atoms with Crippen LogP contribution in [0.2, 0.25) is 0 Å². The highest BCUT2D eigenvalue weighted by Crippen LogP contribution is 2.65. The molecule has 0 aliphatic heterocycles. The number of nitrogens with two attached hydrogens (primary N) is 1. The fourth-order valence-electron chi connectivity index (χ4n) is 2.86. The van der Waals surface area contributed by atoms with Crippen LogP contribution in [0.5, 0.6) is 0 Å². The predicted molar refractivity (Wildman–Crippen MR) is 53.4 cm³/mol. The van der Waals surface area contributed by atoms with Gasteiger partial charge in [-0.3, -0.25) is 0 Å². The summed E-state index contributed by atoms with van der Waals surface area (Å²) in [4.78, 5) is 0. The molecule has 3 aliphatic carbocycles. The zero-order chi connectivity index (χ0) is 8.89. The lowest BCUT2D eigenvalue weighted by atomic mass is 9.42. The van der Waals surface area contributed by atoms with Crippen molar-refractivity contribution in [1.82, 2.24) is 0 Å². The molecule has 3 saturated carbocycles. The van der Waals surface area contributed by atoms with E-state index in [1.165, 1.54) is 30.4 Å². The highest BCUT2D eigenvalue weighted by Gasteiger charge is 2.57. The molecule has 0 aromatic heterocycles. The van der Waals surface area contributed by atoms with E-state index in [2.05, 4.69) is 24.3 Å². The molecule has 0 atom stereocenters. The minimum Gasteiger partial charge on any atom is -0.326 e. The lowest BCUT2D eigenvalue weighted by molar-refractivity contribution is -0.0274. The maximum absolute atomic E-state index is 5.63. The minimum absolute atomic E-state index is 0.593. The van der Waals surface area contributed by atoms with Gasteiger partial charge in [0.1, 0.15) is 0 Å². The van der Waals surface area contributed by atoms with Gasteiger partial charge in [0.15, 0.2) is 0 Å². The Morgan fingerprint density at radius 3 is 2.62 bits per heavy atom. The van der Waals surface area contributed by atoms with Crippen LogP contribution in [0.15, 0.2) is 24.3 Å². The van der Waals surface area contributed by atoms with Crippen molar-refractivity contribution in [3.63, 3.8) is 0 Å². The molecule has 0 unspecified atom stereocenters. The van der Waals surface area contributed by atoms with Crippen molar-refractivity contribution in [3.8, 4) is 0 Å². The summed E-state index contributed by atoms with van der Waals surface area (Å²) in [5.41, 5.74) is 9.05. The van der Waals surface area contributed by atoms with E-state index in [4.69, 9.17) is 5.73 Å². The van der Waals surface area contributed by atoms with Crippen LogP contribution in [0, 0.1) is 5.92 Å². The molecule has 0 heterocycles. The third kappa shape index (κ3) is 0.910. The van der Waals surface area contributed by atoms with Crippen molar-refractivity contribution in [2.75, 3.05) is 0 Å². The Bertz CT molecular complexity index is 326. The summed E-state index contributed by atoms with van der Waals surface area (Å²) in [6, 6.07) is 8.84. The highest BCUT2D eigenvalue weighted by atomic mass is 14.6. The first-order valence-electron chi connectivity index (χ1n) is 5.12. The van der Waals surface area contributed by atoms with E-state index in [0.717, 1.165) is 5.92 Å². The number of benzene rings is 1. The molecule has 0 radical (unpaired) electrons. The summed E-state index contributed by atoms with van der Waals surface area (Å²) in [7, 11) is 0. The summed E-state index contributed by atoms with van der Waals surface area (Å²) < 4.78 is 0. The van der Waals surface area contributed by atoms with Gasteiger partial charge in [0.2, 0.25) is 0 Å². The second kappa shape index (κ2) is 2.36. The van der Waals surface area contributed by atoms with Crippen LogP contribution in [0.3, 0.4) is 0 Å². The lowest BCUT2D eigenvalue weighted by Crippen LogP contribution is -2.55. The smallest absolute Gasteiger partial charge is 0.0178 e. The molecule has 0 amide bonds. The Balaban J connectivity index is 1.95. The SMILES string of the molecule is NCc1cccc(C23CC(C2)C3)c1. The average molecular weight is 173 g/mol. The third-order valence-corrected chi connectivity index (χ3v) is 3.81. The van der Waals surface area contributed by atoms with E-state index < -0.39 is 0 Å². The quantitative estimate of drug-likeness (QED) is 0.729. The third-order valence-electron chi connectivity index (χ3n) is 3.81. The first kappa shape index (κ1) is 7.57. The predicted octanol–water partition coefficient (Wildman–Crippen LogP) is 2.20. The zero-order valence-corrected chi connectivity index (χ0v) is 7.79. The second-order valence-electron chi connectivity index (χ2n) is 4.66. The highest BCUT2D eigenvalue weighted by molar-refractivity contribution is 5.37. The minimum atomic E-state index is 0.593. The molecule has 1 heteroatoms. The van der Waals surface area contributed by atoms with Gasteiger partial charge in [-0.05, 0) is 41.7 Å². The molecule has 3 fully saturated rings. The fraction of sp³-hybridized carbons (Fsp3) is 0.500. The Morgan fingerprint density at radius 2 is 2.08 bits per heavy atom. The normalized spacial score (nSPS) is 35.0. The van der Waals surface area contributed by atoms with Crippen LogP contribution in [-0.2, 0) is 12.0 Å². The summed E-state index contributed by atoms with van der Waals surface area (Å²) in [6.45, 7) is 0.674. The van der Waals surface area contributed by atoms with Gasteiger partial charge in [-0.15, -0.1) is 0 Å². The average Bonchev–Trinajstić information content (AvgIpc) is 1.99. The molecule has 3 aliphatic rings. The maximum atomic E-state index is 5.63. The summed E-state index contributed by atoms with van der Waals surface area (Å²) in [6.07, 6.45) is 4.29. The molecule has 68 valence electrons. The van der Waals surface area contributed by atoms with Gasteiger partial charge < -0.3 is 5.73 Å². The summed E-state index contributed by atoms with van der Waals surface area (Å²) in [5.74, 6) is 1.06. The van der Waals surface area contributed by atoms with E-state index in [9.17, 15) is 0 Å². The molecule has 1 aromatic rings. The Labute approximate surface area is 78.9 Å². The standard InChI is InChI=1S/C12H15N/c13-8-9-2-1-3-11(4-9)12-5-10(6-12)7-12/h1-4,10H,5-8,13H2. The molecular weight excluding hydrogens is 158 g/mol. The van der Waals surface area contributed by atoms with Crippen LogP contribution in [0.25, 0.3) is 0 Å². The van der Waals surface area contributed by atoms with Gasteiger partial charge in [0.05, 0.1) is 0 Å². The van der Waals surface area contributed by atoms with Gasteiger partial charge in [-0.2, -0.15) is 0 Å². The molecule has 2 bridgehead atoms. The van der Waals surface area contributed by atoms with Crippen LogP contribution >= 0.6 is 0 Å². The largest absolute Gasteiger partial charge is 0.326 e. The van der Waals surface area contributed by atoms with Gasteiger partial charge >= 0.3 is 0 Å². The number of hydrogen-bond acceptors (Lipinski definition) is 1. The Hall–Kier alpha value is -0.820. The molecule has 13 heavy (non-hydrogen) atoms. The van der Waals surface area contributed by atoms with E-state index in [1.807, 2.05) is 0 Å². The fourth-order valence-corrected chi connectivity index (χ4v) is 2.86. The Kier molecular flexibility index (Phi) is 1.37. The number of hydrogen-bond donors (Lipinski definition) is 1. The molecule has 4 rings (SSSR count). The van der Waals surface area contributed by atoms with Crippen molar-refractivity contribution in [2.24, 2.45) is 11.7 Å². The van der Waals surface area contributed by atoms with Crippen LogP contribution < -0.4 is 5.73 Å². The van der Waals surface area contributed by atoms with Crippen LogP contribution in [-0.4, -0.2) is 0 Å². The van der Waals surface area contributed by atoms with Crippen LogP contribution in [0.1, 0.15) is 30.4 Å². The van der Waals surface area contributed by atoms with Crippen molar-refractivity contribution < 1.29 is 0 Å². The van der Waals surface area contributed by atoms with Crippen molar-refractivity contribution in [2.45, 2.75) is 31.2 Å². The van der Waals surface area contributed by atoms with Crippen molar-refractivity contribution in [1.29, 1.82) is 0 Å². The summed E-state index contributed by atoms with van der Waals surface area (Å²) >= 11 is 0. The zero-order valence-electron chi connectivity index (χ0n) is 7.79. The molecular formula is C12H15N. The number of rotatable bonds is 2. The van der Waals surface area contributed by atoms with Gasteiger partial charge in [0.25, 0.3) is 0 Å².